The summed E-state index contributed by atoms with van der Waals surface area (Å²) in [6.45, 7) is 0.417. The molecule has 0 spiro atoms. The molecule has 0 saturated carbocycles. The van der Waals surface area contributed by atoms with Crippen LogP contribution in [0.5, 0.6) is 11.5 Å². The van der Waals surface area contributed by atoms with Crippen LogP contribution in [0, 0.1) is 0 Å². The predicted molar refractivity (Wildman–Crippen MR) is 107 cm³/mol. The van der Waals surface area contributed by atoms with E-state index in [1.54, 1.807) is 18.2 Å². The number of fused-ring (bicyclic) bond motifs is 1. The minimum Gasteiger partial charge on any atom is -0.497 e. The summed E-state index contributed by atoms with van der Waals surface area (Å²) in [6, 6.07) is 9.28. The van der Waals surface area contributed by atoms with Crippen molar-refractivity contribution >= 4 is 31.4 Å². The van der Waals surface area contributed by atoms with Crippen molar-refractivity contribution in [2.45, 2.75) is 17.7 Å². The lowest BCUT2D eigenvalue weighted by molar-refractivity contribution is 0.386. The van der Waals surface area contributed by atoms with Gasteiger partial charge >= 0.3 is 0 Å². The molecule has 0 amide bonds. The monoisotopic (exact) mass is 426 g/mol. The van der Waals surface area contributed by atoms with Gasteiger partial charge in [0.05, 0.1) is 26.2 Å². The Morgan fingerprint density at radius 2 is 1.75 bits per heavy atom. The molecule has 0 aliphatic carbocycles. The zero-order chi connectivity index (χ0) is 20.5. The molecule has 28 heavy (non-hydrogen) atoms. The number of anilines is 2. The van der Waals surface area contributed by atoms with Gasteiger partial charge in [-0.1, -0.05) is 0 Å². The molecule has 1 N–H and O–H groups in total. The summed E-state index contributed by atoms with van der Waals surface area (Å²) in [6.07, 6.45) is 2.50. The Hall–Kier alpha value is -2.46. The van der Waals surface area contributed by atoms with Crippen molar-refractivity contribution in [1.29, 1.82) is 0 Å². The summed E-state index contributed by atoms with van der Waals surface area (Å²) in [4.78, 5) is -0.0220. The number of methoxy groups -OCH3 is 2. The van der Waals surface area contributed by atoms with Crippen LogP contribution in [0.3, 0.4) is 0 Å². The first-order valence-corrected chi connectivity index (χ1v) is 11.8. The van der Waals surface area contributed by atoms with Gasteiger partial charge in [0, 0.05) is 18.3 Å². The largest absolute Gasteiger partial charge is 0.497 e. The number of rotatable bonds is 6. The third kappa shape index (κ3) is 4.02. The second kappa shape index (κ2) is 7.51. The Kier molecular flexibility index (Phi) is 5.44. The van der Waals surface area contributed by atoms with Crippen molar-refractivity contribution in [3.05, 3.63) is 42.0 Å². The van der Waals surface area contributed by atoms with Crippen LogP contribution in [-0.2, 0) is 26.5 Å². The van der Waals surface area contributed by atoms with Gasteiger partial charge < -0.3 is 9.47 Å². The fourth-order valence-corrected chi connectivity index (χ4v) is 5.38. The van der Waals surface area contributed by atoms with Gasteiger partial charge in [0.2, 0.25) is 10.0 Å². The van der Waals surface area contributed by atoms with Crippen LogP contribution in [0.25, 0.3) is 0 Å². The molecule has 1 heterocycles. The van der Waals surface area contributed by atoms with Gasteiger partial charge in [0.1, 0.15) is 16.4 Å². The maximum absolute atomic E-state index is 12.8. The number of benzene rings is 2. The van der Waals surface area contributed by atoms with Crippen LogP contribution in [0.15, 0.2) is 41.3 Å². The first-order chi connectivity index (χ1) is 13.2. The Labute approximate surface area is 165 Å². The van der Waals surface area contributed by atoms with Gasteiger partial charge in [-0.05, 0) is 48.7 Å². The number of sulfonamides is 2. The maximum atomic E-state index is 12.8. The van der Waals surface area contributed by atoms with E-state index in [4.69, 9.17) is 9.47 Å². The van der Waals surface area contributed by atoms with Crippen molar-refractivity contribution in [2.24, 2.45) is 0 Å². The molecule has 10 heteroatoms. The molecule has 8 nitrogen and oxygen atoms in total. The van der Waals surface area contributed by atoms with E-state index < -0.39 is 20.0 Å². The number of nitrogens with zero attached hydrogens (tertiary/aromatic N) is 1. The van der Waals surface area contributed by atoms with E-state index in [2.05, 4.69) is 4.72 Å². The van der Waals surface area contributed by atoms with Crippen LogP contribution >= 0.6 is 0 Å². The first-order valence-electron chi connectivity index (χ1n) is 8.51. The van der Waals surface area contributed by atoms with E-state index in [0.717, 1.165) is 11.8 Å². The van der Waals surface area contributed by atoms with Gasteiger partial charge in [-0.3, -0.25) is 9.03 Å². The number of aryl methyl sites for hydroxylation is 1. The molecule has 0 atom stereocenters. The van der Waals surface area contributed by atoms with E-state index in [1.165, 1.54) is 36.7 Å². The fraction of sp³-hybridized carbons (Fsp3) is 0.333. The van der Waals surface area contributed by atoms with Crippen LogP contribution in [-0.4, -0.2) is 43.9 Å². The molecule has 152 valence electrons. The summed E-state index contributed by atoms with van der Waals surface area (Å²) >= 11 is 0. The zero-order valence-electron chi connectivity index (χ0n) is 15.8. The molecule has 0 aromatic heterocycles. The lowest BCUT2D eigenvalue weighted by atomic mass is 10.0. The molecule has 0 radical (unpaired) electrons. The number of hydrogen-bond acceptors (Lipinski definition) is 6. The topological polar surface area (TPSA) is 102 Å². The average Bonchev–Trinajstić information content (AvgIpc) is 2.65. The molecule has 0 fully saturated rings. The minimum atomic E-state index is -3.91. The molecule has 3 rings (SSSR count). The van der Waals surface area contributed by atoms with Gasteiger partial charge in [-0.25, -0.2) is 16.8 Å². The van der Waals surface area contributed by atoms with Crippen molar-refractivity contribution < 1.29 is 26.3 Å². The standard InChI is InChI=1S/C18H22N2O6S2/c1-25-15-7-9-18(17(12-15)26-2)28(23,24)19-14-6-8-16-13(11-14)5-4-10-20(16)27(3,21)22/h6-9,11-12,19H,4-5,10H2,1-3H3. The van der Waals surface area contributed by atoms with E-state index in [9.17, 15) is 16.8 Å². The van der Waals surface area contributed by atoms with E-state index in [-0.39, 0.29) is 10.6 Å². The molecule has 0 unspecified atom stereocenters. The van der Waals surface area contributed by atoms with Crippen LogP contribution < -0.4 is 18.5 Å². The van der Waals surface area contributed by atoms with Gasteiger partial charge in [-0.15, -0.1) is 0 Å². The van der Waals surface area contributed by atoms with Crippen LogP contribution in [0.1, 0.15) is 12.0 Å². The number of hydrogen-bond donors (Lipinski definition) is 1. The van der Waals surface area contributed by atoms with Crippen molar-refractivity contribution in [3.63, 3.8) is 0 Å². The summed E-state index contributed by atoms with van der Waals surface area (Å²) in [5.41, 5.74) is 1.71. The quantitative estimate of drug-likeness (QED) is 0.760. The van der Waals surface area contributed by atoms with Crippen molar-refractivity contribution in [3.8, 4) is 11.5 Å². The molecule has 2 aromatic rings. The maximum Gasteiger partial charge on any atom is 0.265 e. The van der Waals surface area contributed by atoms with Gasteiger partial charge in [0.15, 0.2) is 0 Å². The van der Waals surface area contributed by atoms with Crippen molar-refractivity contribution in [2.75, 3.05) is 36.0 Å². The normalized spacial score (nSPS) is 14.3. The zero-order valence-corrected chi connectivity index (χ0v) is 17.4. The molecular weight excluding hydrogens is 404 g/mol. The summed E-state index contributed by atoms with van der Waals surface area (Å²) in [5.74, 6) is 0.638. The van der Waals surface area contributed by atoms with E-state index in [0.29, 0.717) is 36.5 Å². The molecule has 0 saturated heterocycles. The van der Waals surface area contributed by atoms with Crippen LogP contribution in [0.4, 0.5) is 11.4 Å². The highest BCUT2D eigenvalue weighted by atomic mass is 32.2. The summed E-state index contributed by atoms with van der Waals surface area (Å²) in [7, 11) is -4.43. The summed E-state index contributed by atoms with van der Waals surface area (Å²) in [5, 5.41) is 0. The Morgan fingerprint density at radius 1 is 1.00 bits per heavy atom. The van der Waals surface area contributed by atoms with Crippen LogP contribution in [0.2, 0.25) is 0 Å². The lowest BCUT2D eigenvalue weighted by Gasteiger charge is -2.29. The second-order valence-corrected chi connectivity index (χ2v) is 9.96. The highest BCUT2D eigenvalue weighted by Crippen LogP contribution is 2.33. The van der Waals surface area contributed by atoms with Gasteiger partial charge in [-0.2, -0.15) is 0 Å². The fourth-order valence-electron chi connectivity index (χ4n) is 3.18. The van der Waals surface area contributed by atoms with E-state index in [1.807, 2.05) is 0 Å². The highest BCUT2D eigenvalue weighted by molar-refractivity contribution is 7.93. The molecule has 1 aliphatic rings. The van der Waals surface area contributed by atoms with Gasteiger partial charge in [0.25, 0.3) is 10.0 Å². The van der Waals surface area contributed by atoms with E-state index >= 15 is 0 Å². The number of nitrogens with one attached hydrogen (secondary N) is 1. The minimum absolute atomic E-state index is 0.0220. The lowest BCUT2D eigenvalue weighted by Crippen LogP contribution is -2.34. The molecule has 2 aromatic carbocycles. The predicted octanol–water partition coefficient (Wildman–Crippen LogP) is 2.22. The average molecular weight is 427 g/mol. The molecule has 1 aliphatic heterocycles. The molecular formula is C18H22N2O6S2. The smallest absolute Gasteiger partial charge is 0.265 e. The Bertz CT molecular complexity index is 1100. The number of ether oxygens (including phenoxy) is 2. The SMILES string of the molecule is COc1ccc(S(=O)(=O)Nc2ccc3c(c2)CCCN3S(C)(=O)=O)c(OC)c1. The third-order valence-electron chi connectivity index (χ3n) is 4.47. The molecule has 0 bridgehead atoms. The third-order valence-corrected chi connectivity index (χ3v) is 7.07. The first kappa shape index (κ1) is 20.3. The Balaban J connectivity index is 1.94. The highest BCUT2D eigenvalue weighted by Gasteiger charge is 2.25. The summed E-state index contributed by atoms with van der Waals surface area (Å²) < 4.78 is 63.7. The second-order valence-electron chi connectivity index (χ2n) is 6.40. The van der Waals surface area contributed by atoms with Crippen molar-refractivity contribution in [1.82, 2.24) is 0 Å². The Morgan fingerprint density at radius 3 is 2.39 bits per heavy atom.